The van der Waals surface area contributed by atoms with E-state index in [1.807, 2.05) is 0 Å². The molecule has 0 spiro atoms. The Balaban J connectivity index is 0. The van der Waals surface area contributed by atoms with Crippen LogP contribution in [0.3, 0.4) is 0 Å². The molecule has 0 aliphatic carbocycles. The molecule has 5 heavy (non-hydrogen) atoms. The molecule has 0 atom stereocenters. The van der Waals surface area contributed by atoms with E-state index in [-0.39, 0.29) is 45.5 Å². The monoisotopic (exact) mass is 142 g/mol. The fourth-order valence-electron chi connectivity index (χ4n) is 0. The van der Waals surface area contributed by atoms with E-state index in [0.29, 0.717) is 0 Å². The van der Waals surface area contributed by atoms with Gasteiger partial charge in [0.2, 0.25) is 0 Å². The van der Waals surface area contributed by atoms with Gasteiger partial charge in [-0.2, -0.15) is 6.42 Å². The van der Waals surface area contributed by atoms with Gasteiger partial charge < -0.3 is 19.6 Å². The Morgan fingerprint density at radius 1 is 1.80 bits per heavy atom. The molecule has 0 aromatic carbocycles. The van der Waals surface area contributed by atoms with Crippen molar-refractivity contribution in [1.29, 1.82) is 0 Å². The summed E-state index contributed by atoms with van der Waals surface area (Å²) in [6.07, 6.45) is 2.24. The predicted octanol–water partition coefficient (Wildman–Crippen LogP) is 0.819. The van der Waals surface area contributed by atoms with E-state index < -0.39 is 0 Å². The largest absolute Gasteiger partial charge is 2.00 e. The Bertz CT molecular complexity index is 17.6. The first-order valence-electron chi connectivity index (χ1n) is 1.24. The molecule has 0 saturated heterocycles. The van der Waals surface area contributed by atoms with Gasteiger partial charge in [-0.15, -0.1) is 0 Å². The van der Waals surface area contributed by atoms with Crippen LogP contribution in [0.4, 0.5) is 0 Å². The molecular formula is C4H6Sr. The van der Waals surface area contributed by atoms with Crippen LogP contribution in [0.1, 0.15) is 6.42 Å². The van der Waals surface area contributed by atoms with Gasteiger partial charge in [-0.05, 0) is 0 Å². The fraction of sp³-hybridized carbons (Fsp3) is 0.250. The molecule has 0 N–H and O–H groups in total. The van der Waals surface area contributed by atoms with Crippen molar-refractivity contribution in [3.05, 3.63) is 19.6 Å². The molecule has 0 unspecified atom stereocenters. The SMILES string of the molecule is [CH-]=CC[CH2-].[Sr+2]. The van der Waals surface area contributed by atoms with Gasteiger partial charge in [0, 0.05) is 0 Å². The van der Waals surface area contributed by atoms with Crippen molar-refractivity contribution in [2.45, 2.75) is 6.42 Å². The zero-order valence-electron chi connectivity index (χ0n) is 3.28. The van der Waals surface area contributed by atoms with Gasteiger partial charge in [-0.25, -0.2) is 0 Å². The number of allylic oxidation sites excluding steroid dienone is 1. The molecule has 0 rings (SSSR count). The van der Waals surface area contributed by atoms with E-state index in [1.165, 1.54) is 6.08 Å². The van der Waals surface area contributed by atoms with Gasteiger partial charge in [0.1, 0.15) is 0 Å². The Kier molecular flexibility index (Phi) is 17.1. The molecule has 0 heterocycles. The molecule has 0 saturated carbocycles. The van der Waals surface area contributed by atoms with Crippen LogP contribution in [0, 0.1) is 13.5 Å². The Morgan fingerprint density at radius 3 is 2.00 bits per heavy atom. The van der Waals surface area contributed by atoms with Crippen molar-refractivity contribution in [1.82, 2.24) is 0 Å². The number of rotatable bonds is 1. The molecular weight excluding hydrogens is 136 g/mol. The minimum Gasteiger partial charge on any atom is -0.520 e. The zero-order valence-corrected chi connectivity index (χ0v) is 6.75. The van der Waals surface area contributed by atoms with E-state index in [4.69, 9.17) is 6.58 Å². The van der Waals surface area contributed by atoms with Crippen molar-refractivity contribution in [2.24, 2.45) is 0 Å². The van der Waals surface area contributed by atoms with Crippen LogP contribution in [-0.4, -0.2) is 45.5 Å². The maximum absolute atomic E-state index is 4.84. The van der Waals surface area contributed by atoms with E-state index in [2.05, 4.69) is 6.92 Å². The summed E-state index contributed by atoms with van der Waals surface area (Å²) in [5.41, 5.74) is 0. The second kappa shape index (κ2) is 8.97. The van der Waals surface area contributed by atoms with Gasteiger partial charge >= 0.3 is 45.5 Å². The Labute approximate surface area is 70.5 Å². The summed E-state index contributed by atoms with van der Waals surface area (Å²) in [6.45, 7) is 8.26. The first kappa shape index (κ1) is 9.52. The van der Waals surface area contributed by atoms with Gasteiger partial charge in [0.05, 0.1) is 0 Å². The zero-order chi connectivity index (χ0) is 3.41. The maximum atomic E-state index is 4.84. The van der Waals surface area contributed by atoms with Crippen molar-refractivity contribution >= 4 is 45.5 Å². The Morgan fingerprint density at radius 2 is 2.00 bits per heavy atom. The first-order valence-corrected chi connectivity index (χ1v) is 1.24. The van der Waals surface area contributed by atoms with Crippen LogP contribution in [-0.2, 0) is 0 Å². The first-order chi connectivity index (χ1) is 1.91. The van der Waals surface area contributed by atoms with Crippen LogP contribution < -0.4 is 0 Å². The van der Waals surface area contributed by atoms with Gasteiger partial charge in [-0.3, -0.25) is 0 Å². The molecule has 0 radical (unpaired) electrons. The average Bonchev–Trinajstić information content (AvgIpc) is 1.37. The minimum absolute atomic E-state index is 0. The molecule has 0 aromatic rings. The molecule has 0 bridgehead atoms. The van der Waals surface area contributed by atoms with Gasteiger partial charge in [0.15, 0.2) is 0 Å². The molecule has 0 nitrogen and oxygen atoms in total. The molecule has 0 aliphatic heterocycles. The summed E-state index contributed by atoms with van der Waals surface area (Å²) >= 11 is 0. The van der Waals surface area contributed by atoms with Gasteiger partial charge in [-0.1, -0.05) is 0 Å². The average molecular weight is 142 g/mol. The Hall–Kier alpha value is 1.22. The molecule has 0 amide bonds. The van der Waals surface area contributed by atoms with Crippen LogP contribution >= 0.6 is 0 Å². The standard InChI is InChI=1S/C4H6.Sr/c1-3-4-2;/h1,3H,2,4H2;/q-2;+2. The van der Waals surface area contributed by atoms with Crippen LogP contribution in [0.5, 0.6) is 0 Å². The number of hydrogen-bond donors (Lipinski definition) is 0. The second-order valence-electron chi connectivity index (χ2n) is 0.524. The molecule has 1 heteroatoms. The molecule has 0 fully saturated rings. The topological polar surface area (TPSA) is 0 Å². The maximum Gasteiger partial charge on any atom is 2.00 e. The molecule has 0 aromatic heterocycles. The van der Waals surface area contributed by atoms with E-state index in [0.717, 1.165) is 6.42 Å². The third-order valence-corrected chi connectivity index (χ3v) is 0.167. The second-order valence-corrected chi connectivity index (χ2v) is 0.524. The van der Waals surface area contributed by atoms with Crippen molar-refractivity contribution in [2.75, 3.05) is 0 Å². The quantitative estimate of drug-likeness (QED) is 0.375. The summed E-state index contributed by atoms with van der Waals surface area (Å²) < 4.78 is 0. The van der Waals surface area contributed by atoms with E-state index >= 15 is 0 Å². The normalized spacial score (nSPS) is 5.00. The van der Waals surface area contributed by atoms with Crippen LogP contribution in [0.2, 0.25) is 0 Å². The predicted molar refractivity (Wildman–Crippen MR) is 24.6 cm³/mol. The van der Waals surface area contributed by atoms with E-state index in [9.17, 15) is 0 Å². The summed E-state index contributed by atoms with van der Waals surface area (Å²) in [5.74, 6) is 0. The van der Waals surface area contributed by atoms with Crippen LogP contribution in [0.15, 0.2) is 6.08 Å². The summed E-state index contributed by atoms with van der Waals surface area (Å²) in [5, 5.41) is 0. The van der Waals surface area contributed by atoms with Crippen molar-refractivity contribution in [3.63, 3.8) is 0 Å². The minimum atomic E-state index is 0. The third kappa shape index (κ3) is 11.0. The van der Waals surface area contributed by atoms with Crippen molar-refractivity contribution < 1.29 is 0 Å². The molecule has 24 valence electrons. The van der Waals surface area contributed by atoms with E-state index in [1.54, 1.807) is 0 Å². The summed E-state index contributed by atoms with van der Waals surface area (Å²) in [7, 11) is 0. The molecule has 0 aliphatic rings. The van der Waals surface area contributed by atoms with Crippen LogP contribution in [0.25, 0.3) is 0 Å². The fourth-order valence-corrected chi connectivity index (χ4v) is 0. The smallest absolute Gasteiger partial charge is 0.520 e. The summed E-state index contributed by atoms with van der Waals surface area (Å²) in [4.78, 5) is 0. The van der Waals surface area contributed by atoms with Crippen molar-refractivity contribution in [3.8, 4) is 0 Å². The third-order valence-electron chi connectivity index (χ3n) is 0.167. The van der Waals surface area contributed by atoms with Gasteiger partial charge in [0.25, 0.3) is 0 Å². The summed E-state index contributed by atoms with van der Waals surface area (Å²) in [6, 6.07) is 0. The number of hydrogen-bond acceptors (Lipinski definition) is 0.